The van der Waals surface area contributed by atoms with Gasteiger partial charge >= 0.3 is 8.60 Å². The van der Waals surface area contributed by atoms with Crippen molar-refractivity contribution in [3.63, 3.8) is 0 Å². The molecule has 0 aliphatic rings. The monoisotopic (exact) mass is 337 g/mol. The molecule has 0 amide bonds. The average molecular weight is 337 g/mol. The Morgan fingerprint density at radius 3 is 1.00 bits per heavy atom. The molecule has 6 nitrogen and oxygen atoms in total. The van der Waals surface area contributed by atoms with Gasteiger partial charge in [0, 0.05) is 19.6 Å². The number of hydrogen-bond donors (Lipinski definition) is 0. The van der Waals surface area contributed by atoms with Crippen molar-refractivity contribution in [3.05, 3.63) is 0 Å². The molecule has 0 aliphatic heterocycles. The van der Waals surface area contributed by atoms with Gasteiger partial charge in [-0.2, -0.15) is 0 Å². The first kappa shape index (κ1) is 22.2. The highest BCUT2D eigenvalue weighted by atomic mass is 31.2. The summed E-state index contributed by atoms with van der Waals surface area (Å²) in [6, 6.07) is 0. The number of rotatable bonds is 12. The molecule has 0 bridgehead atoms. The van der Waals surface area contributed by atoms with Gasteiger partial charge in [0.1, 0.15) is 0 Å². The molecule has 0 radical (unpaired) electrons. The summed E-state index contributed by atoms with van der Waals surface area (Å²) in [5.74, 6) is 0. The summed E-state index contributed by atoms with van der Waals surface area (Å²) in [7, 11) is 10.9. The third kappa shape index (κ3) is 12.7. The maximum Gasteiger partial charge on any atom is 0.333 e. The van der Waals surface area contributed by atoms with E-state index in [2.05, 4.69) is 35.5 Å². The molecule has 134 valence electrons. The lowest BCUT2D eigenvalue weighted by atomic mass is 10.4. The first-order valence-corrected chi connectivity index (χ1v) is 8.94. The van der Waals surface area contributed by atoms with E-state index in [0.29, 0.717) is 0 Å². The average Bonchev–Trinajstić information content (AvgIpc) is 2.23. The van der Waals surface area contributed by atoms with Crippen LogP contribution in [0.3, 0.4) is 0 Å². The van der Waals surface area contributed by atoms with Crippen LogP contribution in [0.2, 0.25) is 0 Å². The molecular formula is C15H36N3O3P. The molecule has 0 rings (SSSR count). The minimum absolute atomic E-state index is 0.0687. The summed E-state index contributed by atoms with van der Waals surface area (Å²) < 4.78 is 18.0. The summed E-state index contributed by atoms with van der Waals surface area (Å²) in [5.41, 5.74) is 0. The molecule has 0 saturated heterocycles. The zero-order valence-corrected chi connectivity index (χ0v) is 16.8. The van der Waals surface area contributed by atoms with Gasteiger partial charge in [-0.25, -0.2) is 0 Å². The lowest BCUT2D eigenvalue weighted by Gasteiger charge is -2.28. The van der Waals surface area contributed by atoms with Crippen LogP contribution in [0.4, 0.5) is 0 Å². The van der Waals surface area contributed by atoms with Gasteiger partial charge in [0.2, 0.25) is 0 Å². The Balaban J connectivity index is 4.53. The van der Waals surface area contributed by atoms with Crippen molar-refractivity contribution in [2.75, 3.05) is 61.9 Å². The maximum atomic E-state index is 6.01. The normalized spacial score (nSPS) is 16.8. The van der Waals surface area contributed by atoms with E-state index >= 15 is 0 Å². The molecule has 0 heterocycles. The van der Waals surface area contributed by atoms with Crippen molar-refractivity contribution in [3.8, 4) is 0 Å². The van der Waals surface area contributed by atoms with Crippen molar-refractivity contribution in [2.24, 2.45) is 0 Å². The molecule has 0 aromatic rings. The van der Waals surface area contributed by atoms with Gasteiger partial charge in [-0.1, -0.05) is 0 Å². The predicted molar refractivity (Wildman–Crippen MR) is 94.2 cm³/mol. The minimum Gasteiger partial charge on any atom is -0.308 e. The largest absolute Gasteiger partial charge is 0.333 e. The van der Waals surface area contributed by atoms with Crippen LogP contribution in [0.5, 0.6) is 0 Å². The lowest BCUT2D eigenvalue weighted by molar-refractivity contribution is 0.0581. The van der Waals surface area contributed by atoms with E-state index in [0.717, 1.165) is 19.6 Å². The SMILES string of the molecule is C[C@H](CN(C)C)OP(O[C@H](C)CN(C)C)O[C@H](C)CN(C)C. The minimum atomic E-state index is -1.35. The lowest BCUT2D eigenvalue weighted by Crippen LogP contribution is -2.29. The number of likely N-dealkylation sites (N-methyl/N-ethyl adjacent to an activating group) is 3. The Labute approximate surface area is 138 Å². The molecule has 0 aromatic heterocycles. The van der Waals surface area contributed by atoms with Crippen molar-refractivity contribution in [1.29, 1.82) is 0 Å². The van der Waals surface area contributed by atoms with Crippen LogP contribution in [-0.4, -0.2) is 94.9 Å². The first-order valence-electron chi connectivity index (χ1n) is 7.84. The Morgan fingerprint density at radius 1 is 0.591 bits per heavy atom. The standard InChI is InChI=1S/C15H36N3O3P/c1-13(10-16(4)5)19-22(20-14(2)11-17(6)7)21-15(3)12-18(8)9/h13-15H,10-12H2,1-9H3/t13-,14-,15-/m1/s1. The Bertz CT molecular complexity index is 238. The van der Waals surface area contributed by atoms with Crippen molar-refractivity contribution >= 4 is 8.60 Å². The van der Waals surface area contributed by atoms with E-state index in [-0.39, 0.29) is 18.3 Å². The van der Waals surface area contributed by atoms with Gasteiger partial charge in [0.05, 0.1) is 18.3 Å². The topological polar surface area (TPSA) is 37.4 Å². The van der Waals surface area contributed by atoms with E-state index in [1.165, 1.54) is 0 Å². The summed E-state index contributed by atoms with van der Waals surface area (Å²) in [5, 5.41) is 0. The quantitative estimate of drug-likeness (QED) is 0.508. The highest BCUT2D eigenvalue weighted by Crippen LogP contribution is 2.43. The second-order valence-corrected chi connectivity index (χ2v) is 7.84. The van der Waals surface area contributed by atoms with Gasteiger partial charge < -0.3 is 28.3 Å². The van der Waals surface area contributed by atoms with E-state index in [1.54, 1.807) is 0 Å². The molecule has 0 N–H and O–H groups in total. The molecule has 0 spiro atoms. The maximum absolute atomic E-state index is 6.01. The summed E-state index contributed by atoms with van der Waals surface area (Å²) >= 11 is 0. The molecular weight excluding hydrogens is 301 g/mol. The van der Waals surface area contributed by atoms with E-state index in [4.69, 9.17) is 13.6 Å². The fourth-order valence-electron chi connectivity index (χ4n) is 2.16. The fourth-order valence-corrected chi connectivity index (χ4v) is 3.39. The van der Waals surface area contributed by atoms with Crippen molar-refractivity contribution in [2.45, 2.75) is 39.1 Å². The van der Waals surface area contributed by atoms with Crippen LogP contribution in [0, 0.1) is 0 Å². The smallest absolute Gasteiger partial charge is 0.308 e. The van der Waals surface area contributed by atoms with Gasteiger partial charge in [-0.05, 0) is 63.1 Å². The van der Waals surface area contributed by atoms with E-state index in [1.807, 2.05) is 42.3 Å². The Kier molecular flexibility index (Phi) is 11.8. The number of hydrogen-bond acceptors (Lipinski definition) is 6. The zero-order valence-electron chi connectivity index (χ0n) is 15.9. The second kappa shape index (κ2) is 11.7. The fraction of sp³-hybridized carbons (Fsp3) is 1.00. The Morgan fingerprint density at radius 2 is 0.818 bits per heavy atom. The summed E-state index contributed by atoms with van der Waals surface area (Å²) in [6.45, 7) is 8.68. The summed E-state index contributed by atoms with van der Waals surface area (Å²) in [6.07, 6.45) is 0.206. The van der Waals surface area contributed by atoms with Gasteiger partial charge in [0.15, 0.2) is 0 Å². The third-order valence-corrected chi connectivity index (χ3v) is 4.26. The highest BCUT2D eigenvalue weighted by molar-refractivity contribution is 7.41. The summed E-state index contributed by atoms with van der Waals surface area (Å²) in [4.78, 5) is 6.31. The highest BCUT2D eigenvalue weighted by Gasteiger charge is 2.23. The van der Waals surface area contributed by atoms with E-state index in [9.17, 15) is 0 Å². The predicted octanol–water partition coefficient (Wildman–Crippen LogP) is 2.11. The van der Waals surface area contributed by atoms with Crippen LogP contribution in [-0.2, 0) is 13.6 Å². The number of nitrogens with zero attached hydrogens (tertiary/aromatic N) is 3. The van der Waals surface area contributed by atoms with E-state index < -0.39 is 8.60 Å². The third-order valence-electron chi connectivity index (χ3n) is 2.66. The van der Waals surface area contributed by atoms with Crippen LogP contribution >= 0.6 is 8.60 Å². The molecule has 0 saturated carbocycles. The van der Waals surface area contributed by atoms with Gasteiger partial charge in [-0.15, -0.1) is 0 Å². The van der Waals surface area contributed by atoms with Crippen LogP contribution in [0.1, 0.15) is 20.8 Å². The van der Waals surface area contributed by atoms with Gasteiger partial charge in [0.25, 0.3) is 0 Å². The Hall–Kier alpha value is 0.190. The van der Waals surface area contributed by atoms with Crippen LogP contribution in [0.25, 0.3) is 0 Å². The molecule has 0 aromatic carbocycles. The molecule has 0 unspecified atom stereocenters. The molecule has 0 fully saturated rings. The van der Waals surface area contributed by atoms with Crippen LogP contribution in [0.15, 0.2) is 0 Å². The van der Waals surface area contributed by atoms with Crippen LogP contribution < -0.4 is 0 Å². The first-order chi connectivity index (χ1) is 10.1. The molecule has 22 heavy (non-hydrogen) atoms. The molecule has 3 atom stereocenters. The molecule has 0 aliphatic carbocycles. The van der Waals surface area contributed by atoms with Crippen molar-refractivity contribution in [1.82, 2.24) is 14.7 Å². The zero-order chi connectivity index (χ0) is 17.3. The van der Waals surface area contributed by atoms with Crippen molar-refractivity contribution < 1.29 is 13.6 Å². The van der Waals surface area contributed by atoms with Gasteiger partial charge in [-0.3, -0.25) is 0 Å². The second-order valence-electron chi connectivity index (χ2n) is 6.76. The molecule has 7 heteroatoms.